The molecule has 0 aromatic heterocycles. The summed E-state index contributed by atoms with van der Waals surface area (Å²) in [5, 5.41) is 13.6. The fraction of sp³-hybridized carbons (Fsp3) is 0.611. The number of aryl methyl sites for hydroxylation is 1. The monoisotopic (exact) mass is 348 g/mol. The molecule has 0 radical (unpaired) electrons. The molecule has 1 N–H and O–H groups in total. The number of benzene rings is 1. The van der Waals surface area contributed by atoms with Gasteiger partial charge in [0.15, 0.2) is 0 Å². The summed E-state index contributed by atoms with van der Waals surface area (Å²) in [4.78, 5) is 27.1. The Morgan fingerprint density at radius 1 is 1.48 bits per heavy atom. The van der Waals surface area contributed by atoms with E-state index in [1.54, 1.807) is 13.0 Å². The molecule has 0 aliphatic carbocycles. The molecule has 0 bridgehead atoms. The zero-order valence-corrected chi connectivity index (χ0v) is 15.3. The van der Waals surface area contributed by atoms with Crippen LogP contribution in [0.1, 0.15) is 24.8 Å². The maximum absolute atomic E-state index is 12.2. The van der Waals surface area contributed by atoms with Crippen molar-refractivity contribution in [2.75, 3.05) is 45.6 Å². The maximum Gasteiger partial charge on any atom is 0.269 e. The largest absolute Gasteiger partial charge is 0.326 e. The summed E-state index contributed by atoms with van der Waals surface area (Å²) in [5.74, 6) is 0.605. The first kappa shape index (κ1) is 19.3. The van der Waals surface area contributed by atoms with Crippen LogP contribution in [0.25, 0.3) is 0 Å². The molecule has 7 nitrogen and oxygen atoms in total. The van der Waals surface area contributed by atoms with E-state index in [0.29, 0.717) is 30.1 Å². The summed E-state index contributed by atoms with van der Waals surface area (Å²) in [6, 6.07) is 4.47. The number of nitro groups is 1. The Morgan fingerprint density at radius 3 is 2.88 bits per heavy atom. The number of hydrogen-bond acceptors (Lipinski definition) is 5. The van der Waals surface area contributed by atoms with E-state index < -0.39 is 4.92 Å². The van der Waals surface area contributed by atoms with Crippen molar-refractivity contribution < 1.29 is 9.72 Å². The minimum atomic E-state index is -0.434. The van der Waals surface area contributed by atoms with Crippen LogP contribution in [0.2, 0.25) is 0 Å². The molecule has 1 heterocycles. The van der Waals surface area contributed by atoms with Crippen molar-refractivity contribution in [1.29, 1.82) is 0 Å². The first-order valence-corrected chi connectivity index (χ1v) is 8.77. The van der Waals surface area contributed by atoms with Crippen molar-refractivity contribution in [2.45, 2.75) is 26.2 Å². The highest BCUT2D eigenvalue weighted by atomic mass is 16.6. The molecule has 1 atom stereocenters. The molecule has 0 spiro atoms. The minimum absolute atomic E-state index is 0.0349. The molecule has 25 heavy (non-hydrogen) atoms. The van der Waals surface area contributed by atoms with E-state index in [1.807, 2.05) is 0 Å². The Balaban J connectivity index is 1.77. The number of likely N-dealkylation sites (tertiary alicyclic amines) is 1. The molecule has 2 rings (SSSR count). The van der Waals surface area contributed by atoms with Gasteiger partial charge < -0.3 is 15.1 Å². The predicted molar refractivity (Wildman–Crippen MR) is 98.8 cm³/mol. The number of nitrogens with zero attached hydrogens (tertiary/aromatic N) is 3. The molecule has 7 heteroatoms. The van der Waals surface area contributed by atoms with Gasteiger partial charge >= 0.3 is 0 Å². The summed E-state index contributed by atoms with van der Waals surface area (Å²) in [6.07, 6.45) is 2.91. The summed E-state index contributed by atoms with van der Waals surface area (Å²) < 4.78 is 0. The first-order valence-electron chi connectivity index (χ1n) is 8.77. The number of hydrogen-bond donors (Lipinski definition) is 1. The van der Waals surface area contributed by atoms with Gasteiger partial charge in [-0.15, -0.1) is 0 Å². The molecule has 1 fully saturated rings. The fourth-order valence-electron chi connectivity index (χ4n) is 3.36. The van der Waals surface area contributed by atoms with E-state index in [0.717, 1.165) is 13.1 Å². The van der Waals surface area contributed by atoms with Crippen molar-refractivity contribution in [3.63, 3.8) is 0 Å². The number of rotatable bonds is 7. The number of nitrogens with one attached hydrogen (secondary N) is 1. The zero-order valence-electron chi connectivity index (χ0n) is 15.3. The van der Waals surface area contributed by atoms with Gasteiger partial charge in [-0.25, -0.2) is 0 Å². The van der Waals surface area contributed by atoms with Gasteiger partial charge in [0.25, 0.3) is 5.69 Å². The highest BCUT2D eigenvalue weighted by Gasteiger charge is 2.19. The molecular weight excluding hydrogens is 320 g/mol. The van der Waals surface area contributed by atoms with Crippen molar-refractivity contribution in [1.82, 2.24) is 9.80 Å². The van der Waals surface area contributed by atoms with E-state index in [9.17, 15) is 14.9 Å². The van der Waals surface area contributed by atoms with Gasteiger partial charge in [0.2, 0.25) is 5.91 Å². The van der Waals surface area contributed by atoms with Crippen LogP contribution in [0.4, 0.5) is 11.4 Å². The van der Waals surface area contributed by atoms with Crippen LogP contribution in [0.5, 0.6) is 0 Å². The minimum Gasteiger partial charge on any atom is -0.326 e. The zero-order chi connectivity index (χ0) is 18.4. The molecule has 0 saturated carbocycles. The molecule has 1 aromatic carbocycles. The van der Waals surface area contributed by atoms with Gasteiger partial charge in [-0.2, -0.15) is 0 Å². The second-order valence-corrected chi connectivity index (χ2v) is 7.09. The van der Waals surface area contributed by atoms with E-state index in [2.05, 4.69) is 29.2 Å². The molecule has 1 aliphatic heterocycles. The SMILES string of the molecule is Cc1cc([N+](=O)[O-])ccc1NC(=O)CCN(C)C[C@@H]1CCCN(C)C1. The highest BCUT2D eigenvalue weighted by molar-refractivity contribution is 5.91. The number of anilines is 1. The van der Waals surface area contributed by atoms with Gasteiger partial charge in [0, 0.05) is 43.9 Å². The second-order valence-electron chi connectivity index (χ2n) is 7.09. The lowest BCUT2D eigenvalue weighted by molar-refractivity contribution is -0.384. The summed E-state index contributed by atoms with van der Waals surface area (Å²) in [5.41, 5.74) is 1.36. The lowest BCUT2D eigenvalue weighted by Crippen LogP contribution is -2.38. The fourth-order valence-corrected chi connectivity index (χ4v) is 3.36. The molecule has 1 aromatic rings. The van der Waals surface area contributed by atoms with Crippen LogP contribution in [-0.2, 0) is 4.79 Å². The maximum atomic E-state index is 12.2. The van der Waals surface area contributed by atoms with Crippen molar-refractivity contribution in [2.24, 2.45) is 5.92 Å². The standard InChI is InChI=1S/C18H28N4O3/c1-14-11-16(22(24)25)6-7-17(14)19-18(23)8-10-21(3)13-15-5-4-9-20(2)12-15/h6-7,11,15H,4-5,8-10,12-13H2,1-3H3,(H,19,23)/t15-/m1/s1. The Morgan fingerprint density at radius 2 is 2.24 bits per heavy atom. The Hall–Kier alpha value is -1.99. The van der Waals surface area contributed by atoms with Gasteiger partial charge in [-0.1, -0.05) is 0 Å². The van der Waals surface area contributed by atoms with Crippen LogP contribution < -0.4 is 5.32 Å². The molecular formula is C18H28N4O3. The number of carbonyl (C=O) groups excluding carboxylic acids is 1. The van der Waals surface area contributed by atoms with E-state index in [4.69, 9.17) is 0 Å². The Bertz CT molecular complexity index is 620. The van der Waals surface area contributed by atoms with Crippen LogP contribution >= 0.6 is 0 Å². The normalized spacial score (nSPS) is 18.3. The van der Waals surface area contributed by atoms with E-state index >= 15 is 0 Å². The molecule has 0 unspecified atom stereocenters. The molecule has 1 saturated heterocycles. The molecule has 138 valence electrons. The number of non-ortho nitro benzene ring substituents is 1. The molecule has 1 amide bonds. The van der Waals surface area contributed by atoms with Crippen molar-refractivity contribution in [3.05, 3.63) is 33.9 Å². The van der Waals surface area contributed by atoms with Crippen molar-refractivity contribution in [3.8, 4) is 0 Å². The second kappa shape index (κ2) is 8.92. The highest BCUT2D eigenvalue weighted by Crippen LogP contribution is 2.21. The summed E-state index contributed by atoms with van der Waals surface area (Å²) >= 11 is 0. The van der Waals surface area contributed by atoms with Crippen molar-refractivity contribution >= 4 is 17.3 Å². The first-order chi connectivity index (χ1) is 11.8. The third-order valence-corrected chi connectivity index (χ3v) is 4.71. The van der Waals surface area contributed by atoms with Crippen LogP contribution in [-0.4, -0.2) is 60.9 Å². The third kappa shape index (κ3) is 6.10. The predicted octanol–water partition coefficient (Wildman–Crippen LogP) is 2.51. The Labute approximate surface area is 149 Å². The number of amides is 1. The number of nitro benzene ring substituents is 1. The average Bonchev–Trinajstić information content (AvgIpc) is 2.54. The van der Waals surface area contributed by atoms with Gasteiger partial charge in [0.1, 0.15) is 0 Å². The van der Waals surface area contributed by atoms with Crippen LogP contribution in [0, 0.1) is 23.0 Å². The third-order valence-electron chi connectivity index (χ3n) is 4.71. The lowest BCUT2D eigenvalue weighted by Gasteiger charge is -2.32. The number of piperidine rings is 1. The Kier molecular flexibility index (Phi) is 6.90. The van der Waals surface area contributed by atoms with E-state index in [-0.39, 0.29) is 11.6 Å². The smallest absolute Gasteiger partial charge is 0.269 e. The number of carbonyl (C=O) groups is 1. The lowest BCUT2D eigenvalue weighted by atomic mass is 9.98. The van der Waals surface area contributed by atoms with Gasteiger partial charge in [0.05, 0.1) is 4.92 Å². The van der Waals surface area contributed by atoms with Crippen LogP contribution in [0.15, 0.2) is 18.2 Å². The van der Waals surface area contributed by atoms with Crippen LogP contribution in [0.3, 0.4) is 0 Å². The summed E-state index contributed by atoms with van der Waals surface area (Å²) in [7, 11) is 4.21. The topological polar surface area (TPSA) is 78.7 Å². The quantitative estimate of drug-likeness (QED) is 0.605. The van der Waals surface area contributed by atoms with Gasteiger partial charge in [-0.05, 0) is 58.0 Å². The molecule has 1 aliphatic rings. The average molecular weight is 348 g/mol. The van der Waals surface area contributed by atoms with Gasteiger partial charge in [-0.3, -0.25) is 14.9 Å². The van der Waals surface area contributed by atoms with E-state index in [1.165, 1.54) is 31.5 Å². The summed E-state index contributed by atoms with van der Waals surface area (Å²) in [6.45, 7) is 5.77.